The Bertz CT molecular complexity index is 484. The average molecular weight is 353 g/mol. The van der Waals surface area contributed by atoms with E-state index in [0.717, 1.165) is 17.8 Å². The maximum atomic E-state index is 11.9. The van der Waals surface area contributed by atoms with Crippen molar-refractivity contribution >= 4 is 11.9 Å². The molecule has 2 N–H and O–H groups in total. The minimum Gasteiger partial charge on any atom is -0.379 e. The molecule has 6 heteroatoms. The third kappa shape index (κ3) is 5.59. The van der Waals surface area contributed by atoms with Crippen LogP contribution in [0.5, 0.6) is 0 Å². The highest BCUT2D eigenvalue weighted by Crippen LogP contribution is 2.44. The zero-order valence-corrected chi connectivity index (χ0v) is 16.8. The molecule has 0 radical (unpaired) electrons. The van der Waals surface area contributed by atoms with Crippen molar-refractivity contribution in [2.24, 2.45) is 22.2 Å². The van der Waals surface area contributed by atoms with Gasteiger partial charge in [0.15, 0.2) is 5.96 Å². The van der Waals surface area contributed by atoms with Gasteiger partial charge >= 0.3 is 0 Å². The molecule has 4 unspecified atom stereocenters. The van der Waals surface area contributed by atoms with Gasteiger partial charge in [-0.3, -0.25) is 4.79 Å². The van der Waals surface area contributed by atoms with E-state index in [9.17, 15) is 4.79 Å². The second-order valence-electron chi connectivity index (χ2n) is 8.85. The number of rotatable bonds is 6. The minimum absolute atomic E-state index is 0.00755. The number of hydrogen-bond donors (Lipinski definition) is 2. The summed E-state index contributed by atoms with van der Waals surface area (Å²) in [6.45, 7) is 7.33. The summed E-state index contributed by atoms with van der Waals surface area (Å²) in [5, 5.41) is 6.99. The van der Waals surface area contributed by atoms with Gasteiger partial charge in [-0.15, -0.1) is 0 Å². The molecule has 2 rings (SSSR count). The number of amides is 1. The Morgan fingerprint density at radius 1 is 1.28 bits per heavy atom. The van der Waals surface area contributed by atoms with Gasteiger partial charge in [0.1, 0.15) is 6.54 Å². The van der Waals surface area contributed by atoms with E-state index in [1.807, 2.05) is 0 Å². The molecular formula is C19H36N4O2. The second-order valence-corrected chi connectivity index (χ2v) is 8.85. The van der Waals surface area contributed by atoms with Gasteiger partial charge in [-0.25, -0.2) is 4.99 Å². The molecule has 0 heterocycles. The van der Waals surface area contributed by atoms with Crippen molar-refractivity contribution in [3.8, 4) is 0 Å². The summed E-state index contributed by atoms with van der Waals surface area (Å²) < 4.78 is 5.63. The molecule has 0 aromatic carbocycles. The molecule has 0 aliphatic heterocycles. The molecule has 2 fully saturated rings. The molecule has 0 aromatic rings. The topological polar surface area (TPSA) is 66.0 Å². The smallest absolute Gasteiger partial charge is 0.243 e. The fraction of sp³-hybridized carbons (Fsp3) is 0.895. The number of nitrogens with one attached hydrogen (secondary N) is 2. The maximum absolute atomic E-state index is 11.9. The van der Waals surface area contributed by atoms with Crippen LogP contribution in [0.2, 0.25) is 0 Å². The van der Waals surface area contributed by atoms with Gasteiger partial charge in [0.25, 0.3) is 0 Å². The summed E-state index contributed by atoms with van der Waals surface area (Å²) in [5.41, 5.74) is 0.0404. The van der Waals surface area contributed by atoms with E-state index in [0.29, 0.717) is 12.6 Å². The number of carbonyl (C=O) groups excluding carboxylic acids is 1. The van der Waals surface area contributed by atoms with Crippen LogP contribution < -0.4 is 10.6 Å². The van der Waals surface area contributed by atoms with E-state index in [-0.39, 0.29) is 24.0 Å². The average Bonchev–Trinajstić information content (AvgIpc) is 3.13. The van der Waals surface area contributed by atoms with Crippen molar-refractivity contribution in [3.05, 3.63) is 0 Å². The third-order valence-electron chi connectivity index (χ3n) is 5.64. The van der Waals surface area contributed by atoms with Gasteiger partial charge in [-0.2, -0.15) is 0 Å². The molecule has 0 spiro atoms. The second kappa shape index (κ2) is 8.39. The Morgan fingerprint density at radius 3 is 2.48 bits per heavy atom. The lowest BCUT2D eigenvalue weighted by atomic mass is 9.89. The molecule has 2 bridgehead atoms. The number of carbonyl (C=O) groups is 1. The van der Waals surface area contributed by atoms with E-state index >= 15 is 0 Å². The van der Waals surface area contributed by atoms with Crippen LogP contribution in [-0.2, 0) is 9.53 Å². The van der Waals surface area contributed by atoms with Crippen LogP contribution in [-0.4, -0.2) is 63.2 Å². The first-order valence-electron chi connectivity index (χ1n) is 9.48. The Hall–Kier alpha value is -1.30. The van der Waals surface area contributed by atoms with Crippen LogP contribution in [0, 0.1) is 17.3 Å². The fourth-order valence-electron chi connectivity index (χ4n) is 3.97. The Kier molecular flexibility index (Phi) is 6.72. The number of ether oxygens (including phenoxy) is 1. The Morgan fingerprint density at radius 2 is 2.00 bits per heavy atom. The SMILES string of the molecule is COC(CNC(=NCC(=O)N(C)C)NC1CC2CCC1C2)C(C)(C)C. The van der Waals surface area contributed by atoms with E-state index in [1.54, 1.807) is 26.1 Å². The van der Waals surface area contributed by atoms with Gasteiger partial charge in [0.2, 0.25) is 5.91 Å². The van der Waals surface area contributed by atoms with E-state index < -0.39 is 0 Å². The molecule has 6 nitrogen and oxygen atoms in total. The quantitative estimate of drug-likeness (QED) is 0.566. The van der Waals surface area contributed by atoms with Crippen LogP contribution in [0.3, 0.4) is 0 Å². The first-order chi connectivity index (χ1) is 11.7. The number of aliphatic imine (C=N–C) groups is 1. The summed E-state index contributed by atoms with van der Waals surface area (Å²) in [7, 11) is 5.26. The number of likely N-dealkylation sites (N-methyl/N-ethyl adjacent to an activating group) is 1. The monoisotopic (exact) mass is 352 g/mol. The number of nitrogens with zero attached hydrogens (tertiary/aromatic N) is 2. The first kappa shape index (κ1) is 20.0. The lowest BCUT2D eigenvalue weighted by Crippen LogP contribution is -2.49. The molecular weight excluding hydrogens is 316 g/mol. The van der Waals surface area contributed by atoms with Gasteiger partial charge in [0, 0.05) is 33.8 Å². The zero-order chi connectivity index (χ0) is 18.6. The largest absolute Gasteiger partial charge is 0.379 e. The first-order valence-corrected chi connectivity index (χ1v) is 9.48. The Labute approximate surface area is 152 Å². The predicted molar refractivity (Wildman–Crippen MR) is 102 cm³/mol. The zero-order valence-electron chi connectivity index (χ0n) is 16.8. The molecule has 2 saturated carbocycles. The molecule has 2 aliphatic rings. The lowest BCUT2D eigenvalue weighted by Gasteiger charge is -2.31. The molecule has 25 heavy (non-hydrogen) atoms. The van der Waals surface area contributed by atoms with Gasteiger partial charge in [-0.1, -0.05) is 27.2 Å². The van der Waals surface area contributed by atoms with Crippen molar-refractivity contribution in [3.63, 3.8) is 0 Å². The van der Waals surface area contributed by atoms with Gasteiger partial charge in [-0.05, 0) is 36.5 Å². The molecule has 2 aliphatic carbocycles. The summed E-state index contributed by atoms with van der Waals surface area (Å²) in [4.78, 5) is 18.0. The molecule has 144 valence electrons. The van der Waals surface area contributed by atoms with Crippen LogP contribution in [0.1, 0.15) is 46.5 Å². The van der Waals surface area contributed by atoms with Crippen LogP contribution in [0.15, 0.2) is 4.99 Å². The predicted octanol–water partition coefficient (Wildman–Crippen LogP) is 1.86. The molecule has 1 amide bonds. The van der Waals surface area contributed by atoms with Crippen molar-refractivity contribution in [2.75, 3.05) is 34.3 Å². The van der Waals surface area contributed by atoms with Gasteiger partial charge in [0.05, 0.1) is 6.10 Å². The molecule has 4 atom stereocenters. The highest BCUT2D eigenvalue weighted by molar-refractivity contribution is 5.85. The van der Waals surface area contributed by atoms with Crippen LogP contribution in [0.4, 0.5) is 0 Å². The Balaban J connectivity index is 1.98. The third-order valence-corrected chi connectivity index (χ3v) is 5.64. The summed E-state index contributed by atoms with van der Waals surface area (Å²) in [6.07, 6.45) is 5.32. The van der Waals surface area contributed by atoms with Crippen molar-refractivity contribution < 1.29 is 9.53 Å². The number of guanidine groups is 1. The van der Waals surface area contributed by atoms with E-state index in [2.05, 4.69) is 36.4 Å². The molecule has 0 saturated heterocycles. The maximum Gasteiger partial charge on any atom is 0.243 e. The number of fused-ring (bicyclic) bond motifs is 2. The van der Waals surface area contributed by atoms with Gasteiger partial charge < -0.3 is 20.3 Å². The highest BCUT2D eigenvalue weighted by atomic mass is 16.5. The van der Waals surface area contributed by atoms with E-state index in [1.165, 1.54) is 25.7 Å². The fourth-order valence-corrected chi connectivity index (χ4v) is 3.97. The van der Waals surface area contributed by atoms with Crippen molar-refractivity contribution in [2.45, 2.75) is 58.6 Å². The minimum atomic E-state index is 0.00755. The summed E-state index contributed by atoms with van der Waals surface area (Å²) >= 11 is 0. The van der Waals surface area contributed by atoms with E-state index in [4.69, 9.17) is 4.74 Å². The van der Waals surface area contributed by atoms with Crippen molar-refractivity contribution in [1.29, 1.82) is 0 Å². The number of methoxy groups -OCH3 is 1. The summed E-state index contributed by atoms with van der Waals surface area (Å²) in [6, 6.07) is 0.482. The molecule has 0 aromatic heterocycles. The van der Waals surface area contributed by atoms with Crippen molar-refractivity contribution in [1.82, 2.24) is 15.5 Å². The lowest BCUT2D eigenvalue weighted by molar-refractivity contribution is -0.127. The highest BCUT2D eigenvalue weighted by Gasteiger charge is 2.40. The summed E-state index contributed by atoms with van der Waals surface area (Å²) in [5.74, 6) is 2.36. The standard InChI is InChI=1S/C19H36N4O2/c1-19(2,3)16(25-6)11-20-18(21-12-17(24)23(4)5)22-15-10-13-7-8-14(15)9-13/h13-16H,7-12H2,1-6H3,(H2,20,21,22). The normalized spacial score (nSPS) is 27.3. The number of hydrogen-bond acceptors (Lipinski definition) is 3. The van der Waals surface area contributed by atoms with Crippen LogP contribution in [0.25, 0.3) is 0 Å². The van der Waals surface area contributed by atoms with Crippen LogP contribution >= 0.6 is 0 Å².